The number of rotatable bonds is 3. The number of aromatic nitrogens is 1. The fraction of sp³-hybridized carbons (Fsp3) is 0.500. The lowest BCUT2D eigenvalue weighted by Crippen LogP contribution is -2.21. The molecule has 0 saturated carbocycles. The number of hydrogen-bond donors (Lipinski definition) is 1. The van der Waals surface area contributed by atoms with Gasteiger partial charge in [0.2, 0.25) is 5.91 Å². The second-order valence-electron chi connectivity index (χ2n) is 3.19. The molecular formula is C12H20N2O. The van der Waals surface area contributed by atoms with Gasteiger partial charge in [-0.15, -0.1) is 0 Å². The molecule has 1 aromatic heterocycles. The van der Waals surface area contributed by atoms with E-state index in [1.54, 1.807) is 12.4 Å². The van der Waals surface area contributed by atoms with Gasteiger partial charge in [0.15, 0.2) is 0 Å². The van der Waals surface area contributed by atoms with Crippen molar-refractivity contribution in [2.45, 2.75) is 40.2 Å². The topological polar surface area (TPSA) is 42.0 Å². The molecule has 1 amide bonds. The highest BCUT2D eigenvalue weighted by atomic mass is 16.1. The van der Waals surface area contributed by atoms with E-state index in [4.69, 9.17) is 0 Å². The van der Waals surface area contributed by atoms with E-state index in [1.807, 2.05) is 19.1 Å². The highest BCUT2D eigenvalue weighted by molar-refractivity contribution is 5.75. The van der Waals surface area contributed by atoms with Crippen LogP contribution >= 0.6 is 0 Å². The predicted octanol–water partition coefficient (Wildman–Crippen LogP) is 2.52. The Morgan fingerprint density at radius 3 is 2.27 bits per heavy atom. The second kappa shape index (κ2) is 9.19. The van der Waals surface area contributed by atoms with Crippen LogP contribution in [0.2, 0.25) is 0 Å². The molecule has 1 N–H and O–H groups in total. The molecule has 0 radical (unpaired) electrons. The van der Waals surface area contributed by atoms with Gasteiger partial charge in [-0.1, -0.05) is 27.2 Å². The number of nitrogens with one attached hydrogen (secondary N) is 1. The first-order valence-electron chi connectivity index (χ1n) is 5.40. The Kier molecular flexibility index (Phi) is 8.34. The van der Waals surface area contributed by atoms with Gasteiger partial charge in [0, 0.05) is 25.4 Å². The fourth-order valence-corrected chi connectivity index (χ4v) is 0.826. The van der Waals surface area contributed by atoms with E-state index in [0.29, 0.717) is 13.0 Å². The van der Waals surface area contributed by atoms with Gasteiger partial charge in [-0.2, -0.15) is 0 Å². The summed E-state index contributed by atoms with van der Waals surface area (Å²) >= 11 is 0. The standard InChI is InChI=1S/C9H12N2O.C3H8/c1-2-9(12)11-7-8-3-5-10-6-4-8;1-3-2/h3-6H,2,7H2,1H3,(H,11,12);3H2,1-2H3. The van der Waals surface area contributed by atoms with Crippen molar-refractivity contribution in [1.82, 2.24) is 10.3 Å². The van der Waals surface area contributed by atoms with Crippen LogP contribution in [0, 0.1) is 0 Å². The van der Waals surface area contributed by atoms with Gasteiger partial charge in [-0.3, -0.25) is 9.78 Å². The van der Waals surface area contributed by atoms with Crippen molar-refractivity contribution in [3.8, 4) is 0 Å². The molecule has 15 heavy (non-hydrogen) atoms. The Hall–Kier alpha value is -1.38. The minimum atomic E-state index is 0.0758. The third kappa shape index (κ3) is 7.67. The van der Waals surface area contributed by atoms with E-state index in [9.17, 15) is 4.79 Å². The Morgan fingerprint density at radius 1 is 1.27 bits per heavy atom. The molecule has 0 atom stereocenters. The van der Waals surface area contributed by atoms with Crippen molar-refractivity contribution in [3.05, 3.63) is 30.1 Å². The number of amides is 1. The van der Waals surface area contributed by atoms with Crippen LogP contribution in [0.3, 0.4) is 0 Å². The van der Waals surface area contributed by atoms with Crippen LogP contribution in [0.25, 0.3) is 0 Å². The molecule has 0 unspecified atom stereocenters. The average molecular weight is 208 g/mol. The van der Waals surface area contributed by atoms with Crippen molar-refractivity contribution >= 4 is 5.91 Å². The molecule has 0 fully saturated rings. The van der Waals surface area contributed by atoms with Crippen molar-refractivity contribution in [1.29, 1.82) is 0 Å². The molecule has 0 bridgehead atoms. The summed E-state index contributed by atoms with van der Waals surface area (Å²) in [5, 5.41) is 2.78. The van der Waals surface area contributed by atoms with Crippen LogP contribution in [0.5, 0.6) is 0 Å². The minimum Gasteiger partial charge on any atom is -0.352 e. The van der Waals surface area contributed by atoms with E-state index in [-0.39, 0.29) is 5.91 Å². The van der Waals surface area contributed by atoms with Crippen molar-refractivity contribution in [2.24, 2.45) is 0 Å². The molecule has 3 heteroatoms. The second-order valence-corrected chi connectivity index (χ2v) is 3.19. The smallest absolute Gasteiger partial charge is 0.219 e. The monoisotopic (exact) mass is 208 g/mol. The zero-order valence-corrected chi connectivity index (χ0v) is 9.79. The summed E-state index contributed by atoms with van der Waals surface area (Å²) in [7, 11) is 0. The maximum atomic E-state index is 10.9. The number of nitrogens with zero attached hydrogens (tertiary/aromatic N) is 1. The Bertz CT molecular complexity index is 260. The van der Waals surface area contributed by atoms with E-state index < -0.39 is 0 Å². The minimum absolute atomic E-state index is 0.0758. The normalized spacial score (nSPS) is 8.73. The lowest BCUT2D eigenvalue weighted by molar-refractivity contribution is -0.120. The van der Waals surface area contributed by atoms with Crippen molar-refractivity contribution in [3.63, 3.8) is 0 Å². The first-order chi connectivity index (χ1) is 7.24. The van der Waals surface area contributed by atoms with E-state index in [0.717, 1.165) is 5.56 Å². The molecule has 0 aliphatic carbocycles. The highest BCUT2D eigenvalue weighted by Gasteiger charge is 1.95. The van der Waals surface area contributed by atoms with E-state index in [1.165, 1.54) is 6.42 Å². The maximum absolute atomic E-state index is 10.9. The van der Waals surface area contributed by atoms with E-state index in [2.05, 4.69) is 24.1 Å². The Morgan fingerprint density at radius 2 is 1.80 bits per heavy atom. The zero-order chi connectivity index (χ0) is 11.5. The van der Waals surface area contributed by atoms with Crippen LogP contribution in [0.4, 0.5) is 0 Å². The van der Waals surface area contributed by atoms with Crippen LogP contribution in [-0.4, -0.2) is 10.9 Å². The maximum Gasteiger partial charge on any atom is 0.219 e. The van der Waals surface area contributed by atoms with Gasteiger partial charge in [0.25, 0.3) is 0 Å². The van der Waals surface area contributed by atoms with Gasteiger partial charge >= 0.3 is 0 Å². The summed E-state index contributed by atoms with van der Waals surface area (Å²) < 4.78 is 0. The first-order valence-corrected chi connectivity index (χ1v) is 5.40. The largest absolute Gasteiger partial charge is 0.352 e. The molecule has 3 nitrogen and oxygen atoms in total. The van der Waals surface area contributed by atoms with Gasteiger partial charge in [0.05, 0.1) is 0 Å². The molecule has 0 aliphatic rings. The van der Waals surface area contributed by atoms with Gasteiger partial charge in [0.1, 0.15) is 0 Å². The van der Waals surface area contributed by atoms with Gasteiger partial charge in [-0.25, -0.2) is 0 Å². The van der Waals surface area contributed by atoms with Crippen LogP contribution < -0.4 is 5.32 Å². The highest BCUT2D eigenvalue weighted by Crippen LogP contribution is 1.94. The summed E-state index contributed by atoms with van der Waals surface area (Å²) in [4.78, 5) is 14.7. The first kappa shape index (κ1) is 13.6. The summed E-state index contributed by atoms with van der Waals surface area (Å²) in [6.45, 7) is 6.68. The summed E-state index contributed by atoms with van der Waals surface area (Å²) in [5.74, 6) is 0.0758. The van der Waals surface area contributed by atoms with Gasteiger partial charge in [-0.05, 0) is 17.7 Å². The molecule has 1 aromatic rings. The third-order valence-electron chi connectivity index (χ3n) is 1.56. The number of carbonyl (C=O) groups is 1. The molecule has 0 saturated heterocycles. The molecular weight excluding hydrogens is 188 g/mol. The van der Waals surface area contributed by atoms with Crippen LogP contribution in [0.1, 0.15) is 39.2 Å². The summed E-state index contributed by atoms with van der Waals surface area (Å²) in [6, 6.07) is 3.77. The fourth-order valence-electron chi connectivity index (χ4n) is 0.826. The Balaban J connectivity index is 0.000000583. The summed E-state index contributed by atoms with van der Waals surface area (Å²) in [6.07, 6.45) is 5.21. The molecule has 1 heterocycles. The van der Waals surface area contributed by atoms with Crippen LogP contribution in [-0.2, 0) is 11.3 Å². The van der Waals surface area contributed by atoms with Gasteiger partial charge < -0.3 is 5.32 Å². The third-order valence-corrected chi connectivity index (χ3v) is 1.56. The molecule has 0 spiro atoms. The molecule has 0 aliphatic heterocycles. The van der Waals surface area contributed by atoms with Crippen molar-refractivity contribution < 1.29 is 4.79 Å². The zero-order valence-electron chi connectivity index (χ0n) is 9.79. The lowest BCUT2D eigenvalue weighted by Gasteiger charge is -2.01. The SMILES string of the molecule is CCC.CCC(=O)NCc1ccncc1. The molecule has 1 rings (SSSR count). The summed E-state index contributed by atoms with van der Waals surface area (Å²) in [5.41, 5.74) is 1.08. The lowest BCUT2D eigenvalue weighted by atomic mass is 10.2. The molecule has 84 valence electrons. The average Bonchev–Trinajstić information content (AvgIpc) is 2.28. The molecule has 0 aromatic carbocycles. The van der Waals surface area contributed by atoms with Crippen molar-refractivity contribution in [2.75, 3.05) is 0 Å². The quantitative estimate of drug-likeness (QED) is 0.829. The van der Waals surface area contributed by atoms with E-state index >= 15 is 0 Å². The number of carbonyl (C=O) groups excluding carboxylic acids is 1. The number of pyridine rings is 1. The number of hydrogen-bond acceptors (Lipinski definition) is 2. The van der Waals surface area contributed by atoms with Crippen LogP contribution in [0.15, 0.2) is 24.5 Å². The Labute approximate surface area is 91.9 Å². The predicted molar refractivity (Wildman–Crippen MR) is 62.3 cm³/mol.